The molecule has 2 heterocycles. The number of hydrogen-bond donors (Lipinski definition) is 2. The standard InChI is InChI=1S/C14H17N5O2/c1-4-21-12(20)9-5-6-11-10(7-9)16-14-17-13(15-8(2)3)18-19(11)14/h5-8H,4H2,1-3H3,(H2,15,16,17,18). The fourth-order valence-corrected chi connectivity index (χ4v) is 2.16. The number of aromatic nitrogens is 4. The van der Waals surface area contributed by atoms with E-state index in [9.17, 15) is 4.79 Å². The van der Waals surface area contributed by atoms with E-state index in [0.717, 1.165) is 5.52 Å². The monoisotopic (exact) mass is 287 g/mol. The fourth-order valence-electron chi connectivity index (χ4n) is 2.16. The second-order valence-corrected chi connectivity index (χ2v) is 5.04. The minimum absolute atomic E-state index is 0.280. The first-order valence-electron chi connectivity index (χ1n) is 6.90. The van der Waals surface area contributed by atoms with Crippen molar-refractivity contribution in [3.8, 4) is 0 Å². The molecule has 0 fully saturated rings. The van der Waals surface area contributed by atoms with Crippen molar-refractivity contribution in [3.63, 3.8) is 0 Å². The van der Waals surface area contributed by atoms with Gasteiger partial charge in [-0.2, -0.15) is 4.98 Å². The number of ether oxygens (including phenoxy) is 1. The molecule has 21 heavy (non-hydrogen) atoms. The van der Waals surface area contributed by atoms with Crippen molar-refractivity contribution in [2.24, 2.45) is 0 Å². The molecule has 0 saturated carbocycles. The Hall–Kier alpha value is -2.57. The molecule has 0 saturated heterocycles. The zero-order chi connectivity index (χ0) is 15.0. The van der Waals surface area contributed by atoms with Gasteiger partial charge < -0.3 is 10.1 Å². The molecule has 0 aliphatic heterocycles. The van der Waals surface area contributed by atoms with Crippen LogP contribution in [0.2, 0.25) is 0 Å². The Bertz CT molecular complexity index is 802. The number of imidazole rings is 1. The van der Waals surface area contributed by atoms with E-state index < -0.39 is 0 Å². The molecule has 2 aromatic heterocycles. The van der Waals surface area contributed by atoms with Gasteiger partial charge in [0.25, 0.3) is 5.78 Å². The predicted molar refractivity (Wildman–Crippen MR) is 79.6 cm³/mol. The predicted octanol–water partition coefficient (Wildman–Crippen LogP) is 2.21. The number of anilines is 1. The smallest absolute Gasteiger partial charge is 0.338 e. The number of H-pyrrole nitrogens is 1. The molecule has 0 aliphatic rings. The van der Waals surface area contributed by atoms with Crippen LogP contribution in [0.4, 0.5) is 5.95 Å². The molecule has 0 aliphatic carbocycles. The van der Waals surface area contributed by atoms with Crippen molar-refractivity contribution in [1.82, 2.24) is 19.6 Å². The van der Waals surface area contributed by atoms with Crippen LogP contribution in [-0.4, -0.2) is 38.2 Å². The van der Waals surface area contributed by atoms with Crippen LogP contribution in [0.25, 0.3) is 16.8 Å². The Labute approximate surface area is 121 Å². The SMILES string of the molecule is CCOC(=O)c1ccc2c(c1)nc1nc(NC(C)C)[nH]n12. The summed E-state index contributed by atoms with van der Waals surface area (Å²) in [6.07, 6.45) is 0. The van der Waals surface area contributed by atoms with E-state index in [2.05, 4.69) is 20.4 Å². The fraction of sp³-hybridized carbons (Fsp3) is 0.357. The average Bonchev–Trinajstić information content (AvgIpc) is 2.94. The Morgan fingerprint density at radius 1 is 1.43 bits per heavy atom. The lowest BCUT2D eigenvalue weighted by molar-refractivity contribution is 0.0526. The highest BCUT2D eigenvalue weighted by Crippen LogP contribution is 2.18. The first-order valence-corrected chi connectivity index (χ1v) is 6.90. The van der Waals surface area contributed by atoms with Crippen molar-refractivity contribution in [2.45, 2.75) is 26.8 Å². The van der Waals surface area contributed by atoms with Crippen LogP contribution >= 0.6 is 0 Å². The number of rotatable bonds is 4. The molecule has 2 N–H and O–H groups in total. The summed E-state index contributed by atoms with van der Waals surface area (Å²) in [5.74, 6) is 0.893. The number of carbonyl (C=O) groups excluding carboxylic acids is 1. The van der Waals surface area contributed by atoms with Gasteiger partial charge in [0.15, 0.2) is 0 Å². The van der Waals surface area contributed by atoms with E-state index in [1.807, 2.05) is 19.9 Å². The third-order valence-electron chi connectivity index (χ3n) is 3.00. The second-order valence-electron chi connectivity index (χ2n) is 5.04. The lowest BCUT2D eigenvalue weighted by Gasteiger charge is -2.04. The van der Waals surface area contributed by atoms with Crippen molar-refractivity contribution >= 4 is 28.7 Å². The van der Waals surface area contributed by atoms with Gasteiger partial charge in [-0.1, -0.05) is 0 Å². The molecular formula is C14H17N5O2. The highest BCUT2D eigenvalue weighted by atomic mass is 16.5. The van der Waals surface area contributed by atoms with Crippen molar-refractivity contribution in [2.75, 3.05) is 11.9 Å². The highest BCUT2D eigenvalue weighted by Gasteiger charge is 2.13. The molecule has 0 spiro atoms. The zero-order valence-electron chi connectivity index (χ0n) is 12.2. The van der Waals surface area contributed by atoms with Gasteiger partial charge >= 0.3 is 5.97 Å². The van der Waals surface area contributed by atoms with Crippen LogP contribution in [0.1, 0.15) is 31.1 Å². The summed E-state index contributed by atoms with van der Waals surface area (Å²) in [5.41, 5.74) is 2.06. The summed E-state index contributed by atoms with van der Waals surface area (Å²) < 4.78 is 6.77. The van der Waals surface area contributed by atoms with Gasteiger partial charge in [-0.05, 0) is 39.0 Å². The van der Waals surface area contributed by atoms with Crippen LogP contribution in [0.5, 0.6) is 0 Å². The summed E-state index contributed by atoms with van der Waals surface area (Å²) in [6.45, 7) is 6.21. The molecule has 0 unspecified atom stereocenters. The normalized spacial score (nSPS) is 11.4. The molecular weight excluding hydrogens is 270 g/mol. The molecule has 3 rings (SSSR count). The Morgan fingerprint density at radius 2 is 2.24 bits per heavy atom. The van der Waals surface area contributed by atoms with Gasteiger partial charge in [-0.3, -0.25) is 5.10 Å². The molecule has 7 nitrogen and oxygen atoms in total. The maximum absolute atomic E-state index is 11.7. The number of nitrogens with zero attached hydrogens (tertiary/aromatic N) is 3. The third-order valence-corrected chi connectivity index (χ3v) is 3.00. The lowest BCUT2D eigenvalue weighted by Crippen LogP contribution is -2.11. The van der Waals surface area contributed by atoms with Gasteiger partial charge in [0.2, 0.25) is 5.95 Å². The van der Waals surface area contributed by atoms with E-state index in [4.69, 9.17) is 4.74 Å². The van der Waals surface area contributed by atoms with Crippen LogP contribution in [-0.2, 0) is 4.74 Å². The summed E-state index contributed by atoms with van der Waals surface area (Å²) in [5, 5.41) is 6.33. The van der Waals surface area contributed by atoms with E-state index in [0.29, 0.717) is 29.4 Å². The molecule has 3 aromatic rings. The van der Waals surface area contributed by atoms with Crippen molar-refractivity contribution in [1.29, 1.82) is 0 Å². The Balaban J connectivity index is 2.02. The zero-order valence-corrected chi connectivity index (χ0v) is 12.2. The van der Waals surface area contributed by atoms with Gasteiger partial charge in [0, 0.05) is 6.04 Å². The highest BCUT2D eigenvalue weighted by molar-refractivity contribution is 5.94. The number of nitrogens with one attached hydrogen (secondary N) is 2. The summed E-state index contributed by atoms with van der Waals surface area (Å²) in [6, 6.07) is 5.55. The number of benzene rings is 1. The minimum atomic E-state index is -0.341. The first kappa shape index (κ1) is 13.4. The Kier molecular flexibility index (Phi) is 3.25. The summed E-state index contributed by atoms with van der Waals surface area (Å²) >= 11 is 0. The van der Waals surface area contributed by atoms with E-state index in [-0.39, 0.29) is 12.0 Å². The first-order chi connectivity index (χ1) is 10.1. The minimum Gasteiger partial charge on any atom is -0.462 e. The number of carbonyl (C=O) groups is 1. The number of esters is 1. The van der Waals surface area contributed by atoms with Crippen LogP contribution in [0.3, 0.4) is 0 Å². The van der Waals surface area contributed by atoms with E-state index >= 15 is 0 Å². The Morgan fingerprint density at radius 3 is 2.95 bits per heavy atom. The quantitative estimate of drug-likeness (QED) is 0.719. The molecule has 0 atom stereocenters. The molecule has 1 aromatic carbocycles. The second kappa shape index (κ2) is 5.08. The summed E-state index contributed by atoms with van der Waals surface area (Å²) in [7, 11) is 0. The maximum Gasteiger partial charge on any atom is 0.338 e. The van der Waals surface area contributed by atoms with Gasteiger partial charge in [0.05, 0.1) is 23.2 Å². The molecule has 0 radical (unpaired) electrons. The van der Waals surface area contributed by atoms with Crippen LogP contribution < -0.4 is 5.32 Å². The van der Waals surface area contributed by atoms with Crippen LogP contribution in [0.15, 0.2) is 18.2 Å². The lowest BCUT2D eigenvalue weighted by atomic mass is 10.2. The van der Waals surface area contributed by atoms with Crippen LogP contribution in [0, 0.1) is 0 Å². The number of hydrogen-bond acceptors (Lipinski definition) is 5. The van der Waals surface area contributed by atoms with Gasteiger partial charge in [-0.25, -0.2) is 14.3 Å². The van der Waals surface area contributed by atoms with E-state index in [1.165, 1.54) is 0 Å². The maximum atomic E-state index is 11.7. The third kappa shape index (κ3) is 2.42. The topological polar surface area (TPSA) is 84.3 Å². The van der Waals surface area contributed by atoms with Gasteiger partial charge in [-0.15, -0.1) is 0 Å². The van der Waals surface area contributed by atoms with E-state index in [1.54, 1.807) is 23.6 Å². The molecule has 110 valence electrons. The average molecular weight is 287 g/mol. The largest absolute Gasteiger partial charge is 0.462 e. The van der Waals surface area contributed by atoms with Crippen molar-refractivity contribution < 1.29 is 9.53 Å². The molecule has 0 amide bonds. The molecule has 0 bridgehead atoms. The number of aromatic amines is 1. The van der Waals surface area contributed by atoms with Crippen molar-refractivity contribution in [3.05, 3.63) is 23.8 Å². The summed E-state index contributed by atoms with van der Waals surface area (Å²) in [4.78, 5) is 20.5. The molecule has 7 heteroatoms. The number of fused-ring (bicyclic) bond motifs is 3. The van der Waals surface area contributed by atoms with Gasteiger partial charge in [0.1, 0.15) is 0 Å².